The van der Waals surface area contributed by atoms with Crippen molar-refractivity contribution in [2.45, 2.75) is 12.7 Å². The highest BCUT2D eigenvalue weighted by Crippen LogP contribution is 2.31. The highest BCUT2D eigenvalue weighted by atomic mass is 19.3. The minimum Gasteiger partial charge on any atom is -0.493 e. The van der Waals surface area contributed by atoms with E-state index in [2.05, 4.69) is 4.74 Å². The summed E-state index contributed by atoms with van der Waals surface area (Å²) in [4.78, 5) is 0. The van der Waals surface area contributed by atoms with Crippen LogP contribution in [0.2, 0.25) is 0 Å². The lowest BCUT2D eigenvalue weighted by atomic mass is 10.1. The number of aliphatic hydroxyl groups is 1. The summed E-state index contributed by atoms with van der Waals surface area (Å²) in [6.45, 7) is -2.88. The summed E-state index contributed by atoms with van der Waals surface area (Å²) in [5.74, 6) is 0.0637. The minimum atomic E-state index is -2.95. The number of rotatable bonds is 6. The standard InChI is InChI=1S/C11H14F2O4/c1-15-6-8(14)7-3-4-9(16-2)10(5-7)17-11(12)13/h3-5,8,11,14H,6H2,1-2H3. The molecule has 4 nitrogen and oxygen atoms in total. The maximum absolute atomic E-state index is 12.2. The molecule has 96 valence electrons. The summed E-state index contributed by atoms with van der Waals surface area (Å²) in [6, 6.07) is 4.31. The molecule has 1 rings (SSSR count). The Bertz CT molecular complexity index is 357. The van der Waals surface area contributed by atoms with Gasteiger partial charge in [-0.25, -0.2) is 0 Å². The van der Waals surface area contributed by atoms with Crippen LogP contribution < -0.4 is 9.47 Å². The third-order valence-electron chi connectivity index (χ3n) is 2.11. The molecule has 0 aliphatic heterocycles. The molecule has 1 aromatic carbocycles. The van der Waals surface area contributed by atoms with Gasteiger partial charge in [0.25, 0.3) is 0 Å². The van der Waals surface area contributed by atoms with E-state index in [9.17, 15) is 13.9 Å². The van der Waals surface area contributed by atoms with Crippen LogP contribution in [0.3, 0.4) is 0 Å². The smallest absolute Gasteiger partial charge is 0.387 e. The Morgan fingerprint density at radius 3 is 2.47 bits per heavy atom. The van der Waals surface area contributed by atoms with Gasteiger partial charge in [0.05, 0.1) is 13.7 Å². The summed E-state index contributed by atoms with van der Waals surface area (Å²) >= 11 is 0. The molecule has 0 spiro atoms. The first-order chi connectivity index (χ1) is 8.08. The second-order valence-corrected chi connectivity index (χ2v) is 3.26. The van der Waals surface area contributed by atoms with Crippen molar-refractivity contribution in [2.24, 2.45) is 0 Å². The molecule has 0 heterocycles. The molecule has 0 bridgehead atoms. The van der Waals surface area contributed by atoms with E-state index in [4.69, 9.17) is 9.47 Å². The Hall–Kier alpha value is -1.40. The van der Waals surface area contributed by atoms with Crippen molar-refractivity contribution in [3.63, 3.8) is 0 Å². The summed E-state index contributed by atoms with van der Waals surface area (Å²) in [5.41, 5.74) is 0.420. The molecule has 0 aliphatic carbocycles. The zero-order valence-electron chi connectivity index (χ0n) is 9.52. The zero-order chi connectivity index (χ0) is 12.8. The summed E-state index contributed by atoms with van der Waals surface area (Å²) in [5, 5.41) is 9.63. The van der Waals surface area contributed by atoms with E-state index in [1.807, 2.05) is 0 Å². The van der Waals surface area contributed by atoms with Crippen LogP contribution in [-0.2, 0) is 4.74 Å². The zero-order valence-corrected chi connectivity index (χ0v) is 9.52. The van der Waals surface area contributed by atoms with Crippen LogP contribution in [0.25, 0.3) is 0 Å². The van der Waals surface area contributed by atoms with Crippen molar-refractivity contribution < 1.29 is 28.1 Å². The second kappa shape index (κ2) is 6.36. The quantitative estimate of drug-likeness (QED) is 0.836. The highest BCUT2D eigenvalue weighted by molar-refractivity contribution is 5.43. The Morgan fingerprint density at radius 1 is 1.24 bits per heavy atom. The van der Waals surface area contributed by atoms with Gasteiger partial charge in [0.15, 0.2) is 11.5 Å². The Morgan fingerprint density at radius 2 is 1.94 bits per heavy atom. The molecule has 0 radical (unpaired) electrons. The third-order valence-corrected chi connectivity index (χ3v) is 2.11. The first kappa shape index (κ1) is 13.7. The van der Waals surface area contributed by atoms with E-state index in [-0.39, 0.29) is 18.1 Å². The lowest BCUT2D eigenvalue weighted by Crippen LogP contribution is -2.07. The highest BCUT2D eigenvalue weighted by Gasteiger charge is 2.14. The molecular weight excluding hydrogens is 234 g/mol. The number of halogens is 2. The van der Waals surface area contributed by atoms with Gasteiger partial charge in [0.2, 0.25) is 0 Å². The predicted octanol–water partition coefficient (Wildman–Crippen LogP) is 1.98. The van der Waals surface area contributed by atoms with E-state index in [1.54, 1.807) is 6.07 Å². The van der Waals surface area contributed by atoms with Crippen molar-refractivity contribution in [2.75, 3.05) is 20.8 Å². The van der Waals surface area contributed by atoms with Crippen LogP contribution in [-0.4, -0.2) is 32.5 Å². The van der Waals surface area contributed by atoms with E-state index < -0.39 is 12.7 Å². The lowest BCUT2D eigenvalue weighted by Gasteiger charge is -2.14. The van der Waals surface area contributed by atoms with Crippen LogP contribution in [0, 0.1) is 0 Å². The average molecular weight is 248 g/mol. The van der Waals surface area contributed by atoms with E-state index in [0.29, 0.717) is 5.56 Å². The van der Waals surface area contributed by atoms with Crippen LogP contribution in [0.1, 0.15) is 11.7 Å². The van der Waals surface area contributed by atoms with Gasteiger partial charge in [-0.3, -0.25) is 0 Å². The maximum Gasteiger partial charge on any atom is 0.387 e. The Balaban J connectivity index is 2.95. The van der Waals surface area contributed by atoms with E-state index in [0.717, 1.165) is 0 Å². The monoisotopic (exact) mass is 248 g/mol. The summed E-state index contributed by atoms with van der Waals surface area (Å²) in [7, 11) is 2.78. The molecule has 0 amide bonds. The predicted molar refractivity (Wildman–Crippen MR) is 56.5 cm³/mol. The molecule has 0 saturated carbocycles. The largest absolute Gasteiger partial charge is 0.493 e. The van der Waals surface area contributed by atoms with E-state index >= 15 is 0 Å². The molecule has 1 atom stereocenters. The SMILES string of the molecule is COCC(O)c1ccc(OC)c(OC(F)F)c1. The Labute approximate surface area is 97.7 Å². The van der Waals surface area contributed by atoms with Gasteiger partial charge in [-0.1, -0.05) is 6.07 Å². The number of ether oxygens (including phenoxy) is 3. The van der Waals surface area contributed by atoms with Gasteiger partial charge < -0.3 is 19.3 Å². The second-order valence-electron chi connectivity index (χ2n) is 3.26. The van der Waals surface area contributed by atoms with Gasteiger partial charge in [-0.05, 0) is 17.7 Å². The van der Waals surface area contributed by atoms with Gasteiger partial charge in [0, 0.05) is 7.11 Å². The van der Waals surface area contributed by atoms with Crippen molar-refractivity contribution >= 4 is 0 Å². The number of methoxy groups -OCH3 is 2. The van der Waals surface area contributed by atoms with Crippen molar-refractivity contribution in [3.8, 4) is 11.5 Å². The molecule has 1 aromatic rings. The molecule has 0 aliphatic rings. The fourth-order valence-corrected chi connectivity index (χ4v) is 1.34. The number of hydrogen-bond acceptors (Lipinski definition) is 4. The van der Waals surface area contributed by atoms with Crippen LogP contribution in [0.5, 0.6) is 11.5 Å². The van der Waals surface area contributed by atoms with Crippen LogP contribution in [0.4, 0.5) is 8.78 Å². The van der Waals surface area contributed by atoms with Gasteiger partial charge in [-0.15, -0.1) is 0 Å². The third kappa shape index (κ3) is 3.83. The molecule has 6 heteroatoms. The normalized spacial score (nSPS) is 12.6. The number of hydrogen-bond donors (Lipinski definition) is 1. The maximum atomic E-state index is 12.2. The van der Waals surface area contributed by atoms with Crippen molar-refractivity contribution in [1.82, 2.24) is 0 Å². The number of aliphatic hydroxyl groups excluding tert-OH is 1. The molecule has 1 unspecified atom stereocenters. The molecule has 1 N–H and O–H groups in total. The molecule has 0 fully saturated rings. The molecule has 0 saturated heterocycles. The fourth-order valence-electron chi connectivity index (χ4n) is 1.34. The van der Waals surface area contributed by atoms with Gasteiger partial charge in [-0.2, -0.15) is 8.78 Å². The van der Waals surface area contributed by atoms with Crippen molar-refractivity contribution in [3.05, 3.63) is 23.8 Å². The summed E-state index contributed by atoms with van der Waals surface area (Å²) in [6.07, 6.45) is -0.897. The van der Waals surface area contributed by atoms with Crippen LogP contribution >= 0.6 is 0 Å². The average Bonchev–Trinajstić information content (AvgIpc) is 2.28. The summed E-state index contributed by atoms with van der Waals surface area (Å²) < 4.78 is 38.2. The van der Waals surface area contributed by atoms with Gasteiger partial charge >= 0.3 is 6.61 Å². The van der Waals surface area contributed by atoms with E-state index in [1.165, 1.54) is 26.4 Å². The van der Waals surface area contributed by atoms with Crippen LogP contribution in [0.15, 0.2) is 18.2 Å². The fraction of sp³-hybridized carbons (Fsp3) is 0.455. The molecular formula is C11H14F2O4. The number of alkyl halides is 2. The number of benzene rings is 1. The van der Waals surface area contributed by atoms with Crippen molar-refractivity contribution in [1.29, 1.82) is 0 Å². The first-order valence-corrected chi connectivity index (χ1v) is 4.88. The molecule has 17 heavy (non-hydrogen) atoms. The lowest BCUT2D eigenvalue weighted by molar-refractivity contribution is -0.0514. The Kier molecular flexibility index (Phi) is 5.11. The molecule has 0 aromatic heterocycles. The minimum absolute atomic E-state index is 0.0699. The topological polar surface area (TPSA) is 47.9 Å². The van der Waals surface area contributed by atoms with Gasteiger partial charge in [0.1, 0.15) is 6.10 Å². The first-order valence-electron chi connectivity index (χ1n) is 4.88.